The van der Waals surface area contributed by atoms with Gasteiger partial charge in [0.25, 0.3) is 0 Å². The van der Waals surface area contributed by atoms with E-state index in [2.05, 4.69) is 5.10 Å². The van der Waals surface area contributed by atoms with Gasteiger partial charge in [0.2, 0.25) is 0 Å². The third-order valence-corrected chi connectivity index (χ3v) is 2.82. The van der Waals surface area contributed by atoms with Gasteiger partial charge in [-0.2, -0.15) is 5.10 Å². The minimum absolute atomic E-state index is 0.330. The van der Waals surface area contributed by atoms with E-state index in [-0.39, 0.29) is 5.97 Å². The van der Waals surface area contributed by atoms with Crippen LogP contribution in [0.2, 0.25) is 0 Å². The Bertz CT molecular complexity index is 642. The number of rotatable bonds is 4. The Kier molecular flexibility index (Phi) is 4.35. The highest BCUT2D eigenvalue weighted by molar-refractivity contribution is 5.87. The topological polar surface area (TPSA) is 44.1 Å². The summed E-state index contributed by atoms with van der Waals surface area (Å²) in [5, 5.41) is 4.45. The number of nitrogens with zero attached hydrogens (tertiary/aromatic N) is 2. The molecule has 0 N–H and O–H groups in total. The zero-order valence-corrected chi connectivity index (χ0v) is 12.0. The van der Waals surface area contributed by atoms with Gasteiger partial charge in [-0.15, -0.1) is 0 Å². The highest BCUT2D eigenvalue weighted by Gasteiger charge is 2.03. The molecule has 1 heterocycles. The van der Waals surface area contributed by atoms with Crippen LogP contribution in [0.5, 0.6) is 0 Å². The van der Waals surface area contributed by atoms with Gasteiger partial charge in [-0.05, 0) is 50.6 Å². The molecular weight excluding hydrogens is 252 g/mol. The number of hydrogen-bond acceptors (Lipinski definition) is 3. The summed E-state index contributed by atoms with van der Waals surface area (Å²) >= 11 is 0. The number of aryl methyl sites for hydroxylation is 2. The number of hydrogen-bond donors (Lipinski definition) is 0. The molecule has 0 amide bonds. The van der Waals surface area contributed by atoms with Crippen molar-refractivity contribution < 1.29 is 9.53 Å². The van der Waals surface area contributed by atoms with Crippen molar-refractivity contribution in [3.63, 3.8) is 0 Å². The Balaban J connectivity index is 2.24. The summed E-state index contributed by atoms with van der Waals surface area (Å²) in [7, 11) is 0. The number of esters is 1. The predicted octanol–water partition coefficient (Wildman–Crippen LogP) is 3.07. The molecule has 0 aliphatic rings. The van der Waals surface area contributed by atoms with Crippen LogP contribution in [0, 0.1) is 13.8 Å². The number of benzene rings is 1. The average Bonchev–Trinajstić information content (AvgIpc) is 2.76. The van der Waals surface area contributed by atoms with E-state index in [1.807, 2.05) is 48.9 Å². The molecule has 1 aromatic carbocycles. The normalized spacial score (nSPS) is 10.9. The van der Waals surface area contributed by atoms with E-state index >= 15 is 0 Å². The lowest BCUT2D eigenvalue weighted by Crippen LogP contribution is -2.00. The molecule has 20 heavy (non-hydrogen) atoms. The minimum atomic E-state index is -0.330. The predicted molar refractivity (Wildman–Crippen MR) is 78.7 cm³/mol. The van der Waals surface area contributed by atoms with Crippen molar-refractivity contribution >= 4 is 12.0 Å². The fourth-order valence-corrected chi connectivity index (χ4v) is 2.01. The highest BCUT2D eigenvalue weighted by Crippen LogP contribution is 2.14. The van der Waals surface area contributed by atoms with Crippen LogP contribution in [-0.2, 0) is 9.53 Å². The zero-order chi connectivity index (χ0) is 14.5. The summed E-state index contributed by atoms with van der Waals surface area (Å²) in [4.78, 5) is 11.3. The maximum Gasteiger partial charge on any atom is 0.330 e. The van der Waals surface area contributed by atoms with Crippen molar-refractivity contribution in [1.29, 1.82) is 0 Å². The quantitative estimate of drug-likeness (QED) is 0.633. The van der Waals surface area contributed by atoms with Crippen LogP contribution in [0.15, 0.2) is 36.4 Å². The second-order valence-electron chi connectivity index (χ2n) is 4.52. The Morgan fingerprint density at radius 2 is 2.15 bits per heavy atom. The lowest BCUT2D eigenvalue weighted by molar-refractivity contribution is -0.137. The molecular formula is C16H18N2O2. The van der Waals surface area contributed by atoms with Crippen LogP contribution in [0.25, 0.3) is 11.8 Å². The van der Waals surface area contributed by atoms with Gasteiger partial charge >= 0.3 is 5.97 Å². The second-order valence-corrected chi connectivity index (χ2v) is 4.52. The van der Waals surface area contributed by atoms with E-state index in [1.165, 1.54) is 6.08 Å². The van der Waals surface area contributed by atoms with Crippen molar-refractivity contribution in [2.24, 2.45) is 0 Å². The summed E-state index contributed by atoms with van der Waals surface area (Å²) in [6.45, 7) is 6.15. The molecule has 2 rings (SSSR count). The van der Waals surface area contributed by atoms with Gasteiger partial charge in [0.1, 0.15) is 0 Å². The summed E-state index contributed by atoms with van der Waals surface area (Å²) in [5.41, 5.74) is 3.97. The van der Waals surface area contributed by atoms with Crippen molar-refractivity contribution in [3.8, 4) is 5.69 Å². The Labute approximate surface area is 118 Å². The van der Waals surface area contributed by atoms with Gasteiger partial charge in [0.15, 0.2) is 0 Å². The third-order valence-electron chi connectivity index (χ3n) is 2.82. The average molecular weight is 270 g/mol. The minimum Gasteiger partial charge on any atom is -0.463 e. The number of aromatic nitrogens is 2. The van der Waals surface area contributed by atoms with Gasteiger partial charge in [-0.3, -0.25) is 0 Å². The van der Waals surface area contributed by atoms with Crippen LogP contribution < -0.4 is 0 Å². The highest BCUT2D eigenvalue weighted by atomic mass is 16.5. The molecule has 4 heteroatoms. The van der Waals surface area contributed by atoms with Crippen LogP contribution in [0.3, 0.4) is 0 Å². The molecule has 0 aliphatic carbocycles. The van der Waals surface area contributed by atoms with Gasteiger partial charge in [0, 0.05) is 11.8 Å². The Hall–Kier alpha value is -2.36. The fourth-order valence-electron chi connectivity index (χ4n) is 2.01. The summed E-state index contributed by atoms with van der Waals surface area (Å²) in [5.74, 6) is -0.330. The van der Waals surface area contributed by atoms with Gasteiger partial charge in [-0.25, -0.2) is 9.48 Å². The second kappa shape index (κ2) is 6.19. The number of ether oxygens (including phenoxy) is 1. The molecule has 1 aromatic heterocycles. The summed E-state index contributed by atoms with van der Waals surface area (Å²) in [6, 6.07) is 9.87. The van der Waals surface area contributed by atoms with Crippen LogP contribution in [0.4, 0.5) is 0 Å². The van der Waals surface area contributed by atoms with Crippen LogP contribution in [0.1, 0.15) is 23.9 Å². The van der Waals surface area contributed by atoms with E-state index < -0.39 is 0 Å². The lowest BCUT2D eigenvalue weighted by atomic mass is 10.2. The molecule has 0 spiro atoms. The van der Waals surface area contributed by atoms with E-state index in [9.17, 15) is 4.79 Å². The molecule has 104 valence electrons. The largest absolute Gasteiger partial charge is 0.463 e. The van der Waals surface area contributed by atoms with Gasteiger partial charge in [-0.1, -0.05) is 12.1 Å². The first kappa shape index (κ1) is 14.1. The first-order valence-electron chi connectivity index (χ1n) is 6.58. The van der Waals surface area contributed by atoms with Gasteiger partial charge in [0.05, 0.1) is 18.0 Å². The Morgan fingerprint density at radius 1 is 1.35 bits per heavy atom. The van der Waals surface area contributed by atoms with E-state index in [1.54, 1.807) is 13.0 Å². The van der Waals surface area contributed by atoms with Crippen molar-refractivity contribution in [1.82, 2.24) is 9.78 Å². The van der Waals surface area contributed by atoms with Gasteiger partial charge < -0.3 is 4.74 Å². The Morgan fingerprint density at radius 3 is 2.80 bits per heavy atom. The molecule has 0 fully saturated rings. The maximum absolute atomic E-state index is 11.3. The molecule has 0 radical (unpaired) electrons. The van der Waals surface area contributed by atoms with E-state index in [0.29, 0.717) is 6.61 Å². The lowest BCUT2D eigenvalue weighted by Gasteiger charge is -2.05. The monoisotopic (exact) mass is 270 g/mol. The fraction of sp³-hybridized carbons (Fsp3) is 0.250. The smallest absolute Gasteiger partial charge is 0.330 e. The SMILES string of the molecule is CCOC(=O)/C=C/c1cccc(-n2nc(C)cc2C)c1. The standard InChI is InChI=1S/C16H18N2O2/c1-4-20-16(19)9-8-14-6-5-7-15(11-14)18-13(3)10-12(2)17-18/h5-11H,4H2,1-3H3/b9-8+. The van der Waals surface area contributed by atoms with Crippen molar-refractivity contribution in [2.45, 2.75) is 20.8 Å². The van der Waals surface area contributed by atoms with Crippen LogP contribution in [-0.4, -0.2) is 22.4 Å². The van der Waals surface area contributed by atoms with E-state index in [0.717, 1.165) is 22.6 Å². The van der Waals surface area contributed by atoms with Crippen molar-refractivity contribution in [2.75, 3.05) is 6.61 Å². The molecule has 0 atom stereocenters. The molecule has 0 saturated heterocycles. The zero-order valence-electron chi connectivity index (χ0n) is 12.0. The molecule has 0 aliphatic heterocycles. The van der Waals surface area contributed by atoms with Crippen LogP contribution >= 0.6 is 0 Å². The third kappa shape index (κ3) is 3.35. The maximum atomic E-state index is 11.3. The van der Waals surface area contributed by atoms with Crippen molar-refractivity contribution in [3.05, 3.63) is 53.4 Å². The molecule has 0 unspecified atom stereocenters. The summed E-state index contributed by atoms with van der Waals surface area (Å²) < 4.78 is 6.74. The summed E-state index contributed by atoms with van der Waals surface area (Å²) in [6.07, 6.45) is 3.18. The molecule has 0 bridgehead atoms. The molecule has 2 aromatic rings. The number of carbonyl (C=O) groups excluding carboxylic acids is 1. The molecule has 4 nitrogen and oxygen atoms in total. The number of carbonyl (C=O) groups is 1. The molecule has 0 saturated carbocycles. The first-order chi connectivity index (χ1) is 9.60. The van der Waals surface area contributed by atoms with E-state index in [4.69, 9.17) is 4.74 Å². The first-order valence-corrected chi connectivity index (χ1v) is 6.58.